The van der Waals surface area contributed by atoms with Gasteiger partial charge in [0.2, 0.25) is 5.91 Å². The SMILES string of the molecule is C[C@H](NP1(=O)OCC(C)(C)[C@H](C(=O)NCCC(=O)OCc2cnccn2)O1)C(=O)O. The predicted molar refractivity (Wildman–Crippen MR) is 102 cm³/mol. The number of hydrogen-bond acceptors (Lipinski definition) is 9. The molecule has 1 saturated heterocycles. The van der Waals surface area contributed by atoms with Crippen molar-refractivity contribution in [3.8, 4) is 0 Å². The van der Waals surface area contributed by atoms with Gasteiger partial charge < -0.3 is 15.2 Å². The third kappa shape index (κ3) is 6.84. The van der Waals surface area contributed by atoms with E-state index in [9.17, 15) is 18.9 Å². The second kappa shape index (κ2) is 10.1. The number of esters is 1. The van der Waals surface area contributed by atoms with E-state index in [1.54, 1.807) is 13.8 Å². The van der Waals surface area contributed by atoms with Crippen LogP contribution in [0.4, 0.5) is 0 Å². The van der Waals surface area contributed by atoms with Crippen LogP contribution in [0.15, 0.2) is 18.6 Å². The fourth-order valence-corrected chi connectivity index (χ4v) is 4.36. The average Bonchev–Trinajstić information content (AvgIpc) is 2.69. The number of carboxylic acids is 1. The van der Waals surface area contributed by atoms with E-state index < -0.39 is 43.2 Å². The molecular weight excluding hydrogens is 419 g/mol. The minimum Gasteiger partial charge on any atom is -0.480 e. The van der Waals surface area contributed by atoms with E-state index in [-0.39, 0.29) is 26.2 Å². The monoisotopic (exact) mass is 444 g/mol. The quantitative estimate of drug-likeness (QED) is 0.361. The highest BCUT2D eigenvalue weighted by Crippen LogP contribution is 2.53. The number of rotatable bonds is 9. The molecule has 0 spiro atoms. The zero-order valence-corrected chi connectivity index (χ0v) is 17.8. The number of nitrogens with one attached hydrogen (secondary N) is 2. The lowest BCUT2D eigenvalue weighted by Crippen LogP contribution is -2.51. The van der Waals surface area contributed by atoms with Crippen molar-refractivity contribution in [3.63, 3.8) is 0 Å². The lowest BCUT2D eigenvalue weighted by atomic mass is 9.87. The maximum absolute atomic E-state index is 12.7. The zero-order valence-electron chi connectivity index (χ0n) is 16.9. The van der Waals surface area contributed by atoms with Gasteiger partial charge in [0, 0.05) is 24.4 Å². The minimum atomic E-state index is -4.01. The molecule has 1 amide bonds. The summed E-state index contributed by atoms with van der Waals surface area (Å²) in [5.74, 6) is -2.39. The van der Waals surface area contributed by atoms with Crippen LogP contribution in [0.5, 0.6) is 0 Å². The van der Waals surface area contributed by atoms with Crippen molar-refractivity contribution in [2.75, 3.05) is 13.2 Å². The van der Waals surface area contributed by atoms with Crippen molar-refractivity contribution in [3.05, 3.63) is 24.3 Å². The fourth-order valence-electron chi connectivity index (χ4n) is 2.41. The summed E-state index contributed by atoms with van der Waals surface area (Å²) < 4.78 is 28.3. The highest BCUT2D eigenvalue weighted by molar-refractivity contribution is 7.51. The third-order valence-corrected chi connectivity index (χ3v) is 5.81. The van der Waals surface area contributed by atoms with Crippen LogP contribution in [0.3, 0.4) is 0 Å². The van der Waals surface area contributed by atoms with Crippen LogP contribution < -0.4 is 10.4 Å². The highest BCUT2D eigenvalue weighted by atomic mass is 31.2. The van der Waals surface area contributed by atoms with Gasteiger partial charge in [0.1, 0.15) is 12.6 Å². The van der Waals surface area contributed by atoms with E-state index in [1.807, 2.05) is 0 Å². The second-order valence-electron chi connectivity index (χ2n) is 7.33. The van der Waals surface area contributed by atoms with Crippen molar-refractivity contribution in [2.45, 2.75) is 45.9 Å². The Morgan fingerprint density at radius 1 is 1.40 bits per heavy atom. The summed E-state index contributed by atoms with van der Waals surface area (Å²) in [6.07, 6.45) is 3.17. The molecule has 1 fully saturated rings. The summed E-state index contributed by atoms with van der Waals surface area (Å²) >= 11 is 0. The third-order valence-electron chi connectivity index (χ3n) is 4.15. The molecule has 2 rings (SSSR count). The number of carbonyl (C=O) groups excluding carboxylic acids is 2. The number of aliphatic carboxylic acids is 1. The van der Waals surface area contributed by atoms with Crippen LogP contribution >= 0.6 is 7.75 Å². The standard InChI is InChI=1S/C17H25N4O8P/c1-11(16(24)25)21-30(26)28-10-17(2,3)14(29-30)15(23)20-5-4-13(22)27-9-12-8-18-6-7-19-12/h6-8,11,14H,4-5,9-10H2,1-3H3,(H,20,23)(H,21,26)(H,24,25)/t11-,14-,30?/m0/s1. The number of carbonyl (C=O) groups is 3. The molecule has 0 radical (unpaired) electrons. The zero-order chi connectivity index (χ0) is 22.4. The first-order chi connectivity index (χ1) is 14.0. The van der Waals surface area contributed by atoms with Gasteiger partial charge in [-0.2, -0.15) is 0 Å². The van der Waals surface area contributed by atoms with Gasteiger partial charge >= 0.3 is 19.7 Å². The Morgan fingerprint density at radius 3 is 2.77 bits per heavy atom. The van der Waals surface area contributed by atoms with Gasteiger partial charge in [-0.05, 0) is 6.92 Å². The smallest absolute Gasteiger partial charge is 0.407 e. The summed E-state index contributed by atoms with van der Waals surface area (Å²) in [4.78, 5) is 43.2. The van der Waals surface area contributed by atoms with E-state index in [1.165, 1.54) is 25.5 Å². The van der Waals surface area contributed by atoms with Crippen LogP contribution in [-0.4, -0.2) is 58.2 Å². The summed E-state index contributed by atoms with van der Waals surface area (Å²) in [6.45, 7) is 4.47. The van der Waals surface area contributed by atoms with Gasteiger partial charge in [-0.3, -0.25) is 33.4 Å². The molecule has 1 aromatic rings. The molecule has 12 nitrogen and oxygen atoms in total. The lowest BCUT2D eigenvalue weighted by Gasteiger charge is -2.40. The molecule has 1 aliphatic heterocycles. The first-order valence-corrected chi connectivity index (χ1v) is 10.7. The Balaban J connectivity index is 1.85. The number of hydrogen-bond donors (Lipinski definition) is 3. The molecule has 1 aliphatic rings. The Labute approximate surface area is 173 Å². The predicted octanol–water partition coefficient (Wildman–Crippen LogP) is 0.639. The van der Waals surface area contributed by atoms with Crippen molar-refractivity contribution in [1.29, 1.82) is 0 Å². The van der Waals surface area contributed by atoms with Gasteiger partial charge in [-0.15, -0.1) is 0 Å². The molecule has 13 heteroatoms. The Bertz CT molecular complexity index is 819. The number of carboxylic acid groups (broad SMARTS) is 1. The van der Waals surface area contributed by atoms with Crippen molar-refractivity contribution < 1.29 is 37.8 Å². The van der Waals surface area contributed by atoms with E-state index in [4.69, 9.17) is 18.9 Å². The van der Waals surface area contributed by atoms with E-state index in [0.29, 0.717) is 5.69 Å². The van der Waals surface area contributed by atoms with Crippen LogP contribution in [0.1, 0.15) is 32.9 Å². The Morgan fingerprint density at radius 2 is 2.13 bits per heavy atom. The van der Waals surface area contributed by atoms with Crippen molar-refractivity contribution in [2.24, 2.45) is 5.41 Å². The first-order valence-electron chi connectivity index (χ1n) is 9.14. The van der Waals surface area contributed by atoms with Gasteiger partial charge in [0.15, 0.2) is 6.10 Å². The normalized spacial score (nSPS) is 23.9. The van der Waals surface area contributed by atoms with Crippen LogP contribution in [0, 0.1) is 5.41 Å². The average molecular weight is 444 g/mol. The molecule has 3 N–H and O–H groups in total. The van der Waals surface area contributed by atoms with Gasteiger partial charge in [-0.25, -0.2) is 9.65 Å². The molecule has 0 bridgehead atoms. The lowest BCUT2D eigenvalue weighted by molar-refractivity contribution is -0.145. The molecule has 2 heterocycles. The van der Waals surface area contributed by atoms with E-state index >= 15 is 0 Å². The summed E-state index contributed by atoms with van der Waals surface area (Å²) in [5, 5.41) is 13.8. The molecule has 0 saturated carbocycles. The number of amides is 1. The van der Waals surface area contributed by atoms with Crippen LogP contribution in [-0.2, 0) is 39.3 Å². The van der Waals surface area contributed by atoms with Crippen molar-refractivity contribution in [1.82, 2.24) is 20.4 Å². The molecule has 1 aromatic heterocycles. The molecule has 0 aromatic carbocycles. The molecule has 1 unspecified atom stereocenters. The summed E-state index contributed by atoms with van der Waals surface area (Å²) in [5.41, 5.74) is -0.343. The molecule has 30 heavy (non-hydrogen) atoms. The van der Waals surface area contributed by atoms with E-state index in [0.717, 1.165) is 0 Å². The molecule has 3 atom stereocenters. The molecule has 0 aliphatic carbocycles. The molecular formula is C17H25N4O8P. The number of nitrogens with zero attached hydrogens (tertiary/aromatic N) is 2. The largest absolute Gasteiger partial charge is 0.480 e. The van der Waals surface area contributed by atoms with Gasteiger partial charge in [0.05, 0.1) is 24.9 Å². The van der Waals surface area contributed by atoms with Gasteiger partial charge in [0.25, 0.3) is 0 Å². The maximum Gasteiger partial charge on any atom is 0.407 e. The number of ether oxygens (including phenoxy) is 1. The second-order valence-corrected chi connectivity index (χ2v) is 9.05. The Hall–Kier alpha value is -2.40. The minimum absolute atomic E-state index is 0.0296. The van der Waals surface area contributed by atoms with Crippen LogP contribution in [0.25, 0.3) is 0 Å². The maximum atomic E-state index is 12.7. The Kier molecular flexibility index (Phi) is 8.02. The fraction of sp³-hybridized carbons (Fsp3) is 0.588. The van der Waals surface area contributed by atoms with E-state index in [2.05, 4.69) is 20.4 Å². The van der Waals surface area contributed by atoms with Crippen LogP contribution in [0.2, 0.25) is 0 Å². The topological polar surface area (TPSA) is 166 Å². The van der Waals surface area contributed by atoms with Gasteiger partial charge in [-0.1, -0.05) is 13.8 Å². The molecule has 166 valence electrons. The van der Waals surface area contributed by atoms with Crippen molar-refractivity contribution >= 4 is 25.6 Å². The first kappa shape index (κ1) is 23.9. The highest BCUT2D eigenvalue weighted by Gasteiger charge is 2.48. The summed E-state index contributed by atoms with van der Waals surface area (Å²) in [6, 6.07) is -1.20. The summed E-state index contributed by atoms with van der Waals surface area (Å²) in [7, 11) is -4.01. The number of aromatic nitrogens is 2.